The van der Waals surface area contributed by atoms with E-state index in [4.69, 9.17) is 16.3 Å². The van der Waals surface area contributed by atoms with Gasteiger partial charge in [0.2, 0.25) is 5.88 Å². The Morgan fingerprint density at radius 3 is 3.07 bits per heavy atom. The predicted molar refractivity (Wildman–Crippen MR) is 58.1 cm³/mol. The monoisotopic (exact) mass is 227 g/mol. The van der Waals surface area contributed by atoms with Crippen LogP contribution in [0.4, 0.5) is 0 Å². The average Bonchev–Trinajstić information content (AvgIpc) is 2.30. The average molecular weight is 228 g/mol. The Labute approximate surface area is 94.0 Å². The largest absolute Gasteiger partial charge is 0.476 e. The van der Waals surface area contributed by atoms with E-state index in [-0.39, 0.29) is 0 Å². The zero-order valence-electron chi connectivity index (χ0n) is 8.45. The lowest BCUT2D eigenvalue weighted by Gasteiger charge is -2.22. The van der Waals surface area contributed by atoms with Crippen molar-refractivity contribution in [1.29, 1.82) is 0 Å². The molecule has 5 heteroatoms. The van der Waals surface area contributed by atoms with Crippen LogP contribution in [-0.4, -0.2) is 29.9 Å². The number of aromatic nitrogens is 2. The van der Waals surface area contributed by atoms with E-state index in [1.165, 1.54) is 12.8 Å². The maximum Gasteiger partial charge on any atom is 0.233 e. The van der Waals surface area contributed by atoms with Gasteiger partial charge in [-0.3, -0.25) is 0 Å². The van der Waals surface area contributed by atoms with E-state index in [9.17, 15) is 0 Å². The molecule has 2 rings (SSSR count). The van der Waals surface area contributed by atoms with E-state index in [0.29, 0.717) is 23.6 Å². The second-order valence-corrected chi connectivity index (χ2v) is 4.10. The van der Waals surface area contributed by atoms with Gasteiger partial charge in [0.1, 0.15) is 0 Å². The Morgan fingerprint density at radius 1 is 1.47 bits per heavy atom. The highest BCUT2D eigenvalue weighted by molar-refractivity contribution is 6.29. The van der Waals surface area contributed by atoms with Crippen molar-refractivity contribution < 1.29 is 4.74 Å². The SMILES string of the molecule is Clc1ccc(OCC2CCCNC2)nn1. The Balaban J connectivity index is 1.79. The van der Waals surface area contributed by atoms with E-state index in [1.54, 1.807) is 12.1 Å². The van der Waals surface area contributed by atoms with Crippen LogP contribution < -0.4 is 10.1 Å². The number of rotatable bonds is 3. The van der Waals surface area contributed by atoms with Gasteiger partial charge in [-0.2, -0.15) is 0 Å². The van der Waals surface area contributed by atoms with Crippen molar-refractivity contribution in [3.05, 3.63) is 17.3 Å². The first-order chi connectivity index (χ1) is 7.34. The van der Waals surface area contributed by atoms with Crippen LogP contribution in [-0.2, 0) is 0 Å². The van der Waals surface area contributed by atoms with Crippen LogP contribution in [0.5, 0.6) is 5.88 Å². The van der Waals surface area contributed by atoms with Crippen molar-refractivity contribution in [2.75, 3.05) is 19.7 Å². The third-order valence-corrected chi connectivity index (χ3v) is 2.67. The van der Waals surface area contributed by atoms with Crippen LogP contribution in [0.3, 0.4) is 0 Å². The summed E-state index contributed by atoms with van der Waals surface area (Å²) in [6, 6.07) is 3.43. The molecule has 15 heavy (non-hydrogen) atoms. The van der Waals surface area contributed by atoms with Gasteiger partial charge >= 0.3 is 0 Å². The summed E-state index contributed by atoms with van der Waals surface area (Å²) in [6.45, 7) is 2.85. The summed E-state index contributed by atoms with van der Waals surface area (Å²) in [5.74, 6) is 1.13. The van der Waals surface area contributed by atoms with Crippen LogP contribution in [0.15, 0.2) is 12.1 Å². The maximum atomic E-state index is 5.62. The highest BCUT2D eigenvalue weighted by Gasteiger charge is 2.13. The van der Waals surface area contributed by atoms with Crippen molar-refractivity contribution in [3.8, 4) is 5.88 Å². The first-order valence-electron chi connectivity index (χ1n) is 5.17. The van der Waals surface area contributed by atoms with Gasteiger partial charge in [-0.1, -0.05) is 11.6 Å². The van der Waals surface area contributed by atoms with Crippen molar-refractivity contribution >= 4 is 11.6 Å². The molecule has 1 N–H and O–H groups in total. The van der Waals surface area contributed by atoms with Crippen LogP contribution >= 0.6 is 11.6 Å². The lowest BCUT2D eigenvalue weighted by atomic mass is 10.0. The van der Waals surface area contributed by atoms with E-state index >= 15 is 0 Å². The van der Waals surface area contributed by atoms with Crippen molar-refractivity contribution in [3.63, 3.8) is 0 Å². The third-order valence-electron chi connectivity index (χ3n) is 2.47. The molecule has 0 amide bonds. The fourth-order valence-corrected chi connectivity index (χ4v) is 1.75. The molecule has 1 unspecified atom stereocenters. The molecule has 2 heterocycles. The Kier molecular flexibility index (Phi) is 3.75. The van der Waals surface area contributed by atoms with Gasteiger partial charge < -0.3 is 10.1 Å². The fourth-order valence-electron chi connectivity index (χ4n) is 1.65. The number of piperidine rings is 1. The molecule has 4 nitrogen and oxygen atoms in total. The maximum absolute atomic E-state index is 5.62. The Hall–Kier alpha value is -0.870. The van der Waals surface area contributed by atoms with Gasteiger partial charge in [-0.05, 0) is 25.5 Å². The molecule has 1 aliphatic heterocycles. The number of hydrogen-bond donors (Lipinski definition) is 1. The highest BCUT2D eigenvalue weighted by atomic mass is 35.5. The van der Waals surface area contributed by atoms with Crippen LogP contribution in [0.2, 0.25) is 5.15 Å². The molecular weight excluding hydrogens is 214 g/mol. The van der Waals surface area contributed by atoms with Gasteiger partial charge in [0.05, 0.1) is 6.61 Å². The molecule has 0 aromatic carbocycles. The Bertz CT molecular complexity index is 298. The summed E-state index contributed by atoms with van der Waals surface area (Å²) in [6.07, 6.45) is 2.44. The smallest absolute Gasteiger partial charge is 0.233 e. The summed E-state index contributed by atoms with van der Waals surface area (Å²) in [5.41, 5.74) is 0. The second-order valence-electron chi connectivity index (χ2n) is 3.72. The molecule has 0 bridgehead atoms. The number of hydrogen-bond acceptors (Lipinski definition) is 4. The van der Waals surface area contributed by atoms with E-state index in [1.807, 2.05) is 0 Å². The van der Waals surface area contributed by atoms with E-state index in [2.05, 4.69) is 15.5 Å². The van der Waals surface area contributed by atoms with Gasteiger partial charge in [-0.25, -0.2) is 0 Å². The highest BCUT2D eigenvalue weighted by Crippen LogP contribution is 2.13. The zero-order valence-corrected chi connectivity index (χ0v) is 9.20. The fraction of sp³-hybridized carbons (Fsp3) is 0.600. The van der Waals surface area contributed by atoms with Gasteiger partial charge in [0, 0.05) is 18.5 Å². The van der Waals surface area contributed by atoms with Crippen molar-refractivity contribution in [2.24, 2.45) is 5.92 Å². The van der Waals surface area contributed by atoms with Crippen molar-refractivity contribution in [1.82, 2.24) is 15.5 Å². The van der Waals surface area contributed by atoms with Crippen LogP contribution in [0.25, 0.3) is 0 Å². The summed E-state index contributed by atoms with van der Waals surface area (Å²) >= 11 is 5.62. The number of nitrogens with one attached hydrogen (secondary N) is 1. The zero-order chi connectivity index (χ0) is 10.5. The molecule has 0 saturated carbocycles. The molecule has 0 radical (unpaired) electrons. The molecule has 1 aliphatic rings. The minimum Gasteiger partial charge on any atom is -0.476 e. The predicted octanol–water partition coefficient (Wildman–Crippen LogP) is 1.51. The lowest BCUT2D eigenvalue weighted by Crippen LogP contribution is -2.33. The molecule has 1 atom stereocenters. The molecule has 1 aromatic heterocycles. The summed E-state index contributed by atoms with van der Waals surface area (Å²) in [4.78, 5) is 0. The van der Waals surface area contributed by atoms with Crippen molar-refractivity contribution in [2.45, 2.75) is 12.8 Å². The van der Waals surface area contributed by atoms with Gasteiger partial charge in [0.25, 0.3) is 0 Å². The molecular formula is C10H14ClN3O. The number of ether oxygens (including phenoxy) is 1. The number of halogens is 1. The molecule has 82 valence electrons. The number of nitrogens with zero attached hydrogens (tertiary/aromatic N) is 2. The van der Waals surface area contributed by atoms with Crippen LogP contribution in [0, 0.1) is 5.92 Å². The third kappa shape index (κ3) is 3.32. The standard InChI is InChI=1S/C10H14ClN3O/c11-9-3-4-10(14-13-9)15-7-8-2-1-5-12-6-8/h3-4,8,12H,1-2,5-7H2. The molecule has 1 saturated heterocycles. The minimum absolute atomic E-state index is 0.390. The summed E-state index contributed by atoms with van der Waals surface area (Å²) in [7, 11) is 0. The van der Waals surface area contributed by atoms with Crippen LogP contribution in [0.1, 0.15) is 12.8 Å². The molecule has 1 fully saturated rings. The van der Waals surface area contributed by atoms with E-state index < -0.39 is 0 Å². The quantitative estimate of drug-likeness (QED) is 0.851. The first kappa shape index (κ1) is 10.6. The lowest BCUT2D eigenvalue weighted by molar-refractivity contribution is 0.210. The van der Waals surface area contributed by atoms with Gasteiger partial charge in [-0.15, -0.1) is 10.2 Å². The molecule has 1 aromatic rings. The normalized spacial score (nSPS) is 21.3. The first-order valence-corrected chi connectivity index (χ1v) is 5.55. The minimum atomic E-state index is 0.390. The van der Waals surface area contributed by atoms with Gasteiger partial charge in [0.15, 0.2) is 5.15 Å². The van der Waals surface area contributed by atoms with E-state index in [0.717, 1.165) is 13.1 Å². The summed E-state index contributed by atoms with van der Waals surface area (Å²) in [5, 5.41) is 11.3. The summed E-state index contributed by atoms with van der Waals surface area (Å²) < 4.78 is 5.53. The topological polar surface area (TPSA) is 47.0 Å². The second kappa shape index (κ2) is 5.28. The molecule has 0 aliphatic carbocycles. The Morgan fingerprint density at radius 2 is 2.40 bits per heavy atom. The molecule has 0 spiro atoms.